The number of amides is 2. The molecule has 2 amide bonds. The Morgan fingerprint density at radius 1 is 1.19 bits per heavy atom. The van der Waals surface area contributed by atoms with E-state index in [9.17, 15) is 9.59 Å². The molecule has 26 heavy (non-hydrogen) atoms. The zero-order valence-corrected chi connectivity index (χ0v) is 15.9. The number of benzene rings is 1. The highest BCUT2D eigenvalue weighted by Crippen LogP contribution is 2.18. The molecule has 0 spiro atoms. The monoisotopic (exact) mass is 358 g/mol. The molecule has 142 valence electrons. The number of hydrogen-bond donors (Lipinski definition) is 2. The summed E-state index contributed by atoms with van der Waals surface area (Å²) < 4.78 is 0. The number of hydrogen-bond acceptors (Lipinski definition) is 4. The van der Waals surface area contributed by atoms with Crippen LogP contribution in [0.1, 0.15) is 30.4 Å². The molecule has 0 radical (unpaired) electrons. The number of carbonyl (C=O) groups is 2. The van der Waals surface area contributed by atoms with Crippen LogP contribution in [0, 0.1) is 13.8 Å². The molecule has 2 heterocycles. The summed E-state index contributed by atoms with van der Waals surface area (Å²) in [5, 5.41) is 6.39. The van der Waals surface area contributed by atoms with Crippen LogP contribution in [0.2, 0.25) is 0 Å². The Morgan fingerprint density at radius 3 is 2.65 bits per heavy atom. The average Bonchev–Trinajstić information content (AvgIpc) is 3.12. The SMILES string of the molecule is Cc1cccc(NC(=O)CN2CCN(C(=O)CC3CCCN3)CC2)c1C. The molecule has 1 unspecified atom stereocenters. The average molecular weight is 358 g/mol. The first kappa shape index (κ1) is 18.9. The summed E-state index contributed by atoms with van der Waals surface area (Å²) >= 11 is 0. The molecule has 2 N–H and O–H groups in total. The summed E-state index contributed by atoms with van der Waals surface area (Å²) in [7, 11) is 0. The minimum Gasteiger partial charge on any atom is -0.340 e. The van der Waals surface area contributed by atoms with Crippen LogP contribution < -0.4 is 10.6 Å². The molecule has 1 aromatic carbocycles. The number of carbonyl (C=O) groups excluding carboxylic acids is 2. The third-order valence-corrected chi connectivity index (χ3v) is 5.55. The van der Waals surface area contributed by atoms with Crippen molar-refractivity contribution in [2.45, 2.75) is 39.2 Å². The van der Waals surface area contributed by atoms with Gasteiger partial charge in [0, 0.05) is 44.3 Å². The maximum absolute atomic E-state index is 12.4. The van der Waals surface area contributed by atoms with E-state index in [1.807, 2.05) is 36.9 Å². The van der Waals surface area contributed by atoms with Gasteiger partial charge in [-0.3, -0.25) is 14.5 Å². The van der Waals surface area contributed by atoms with Crippen LogP contribution >= 0.6 is 0 Å². The number of aryl methyl sites for hydroxylation is 1. The van der Waals surface area contributed by atoms with Crippen molar-refractivity contribution in [3.63, 3.8) is 0 Å². The molecule has 1 aromatic rings. The third-order valence-electron chi connectivity index (χ3n) is 5.55. The molecule has 2 aliphatic heterocycles. The van der Waals surface area contributed by atoms with Crippen molar-refractivity contribution in [1.82, 2.24) is 15.1 Å². The lowest BCUT2D eigenvalue weighted by Crippen LogP contribution is -2.51. The quantitative estimate of drug-likeness (QED) is 0.838. The van der Waals surface area contributed by atoms with Crippen molar-refractivity contribution in [3.05, 3.63) is 29.3 Å². The van der Waals surface area contributed by atoms with E-state index in [1.54, 1.807) is 0 Å². The highest BCUT2D eigenvalue weighted by atomic mass is 16.2. The minimum absolute atomic E-state index is 0.00799. The Bertz CT molecular complexity index is 647. The van der Waals surface area contributed by atoms with Crippen LogP contribution in [0.25, 0.3) is 0 Å². The van der Waals surface area contributed by atoms with Crippen LogP contribution in [0.5, 0.6) is 0 Å². The van der Waals surface area contributed by atoms with Crippen LogP contribution in [-0.4, -0.2) is 66.9 Å². The van der Waals surface area contributed by atoms with E-state index in [-0.39, 0.29) is 11.8 Å². The largest absolute Gasteiger partial charge is 0.340 e. The highest BCUT2D eigenvalue weighted by Gasteiger charge is 2.25. The van der Waals surface area contributed by atoms with Gasteiger partial charge in [-0.25, -0.2) is 0 Å². The van der Waals surface area contributed by atoms with Crippen molar-refractivity contribution in [3.8, 4) is 0 Å². The fraction of sp³-hybridized carbons (Fsp3) is 0.600. The Balaban J connectivity index is 1.42. The topological polar surface area (TPSA) is 64.7 Å². The van der Waals surface area contributed by atoms with Gasteiger partial charge in [-0.15, -0.1) is 0 Å². The first-order valence-corrected chi connectivity index (χ1v) is 9.62. The number of piperazine rings is 1. The molecule has 6 heteroatoms. The summed E-state index contributed by atoms with van der Waals surface area (Å²) in [4.78, 5) is 28.8. The van der Waals surface area contributed by atoms with Gasteiger partial charge >= 0.3 is 0 Å². The fourth-order valence-electron chi connectivity index (χ4n) is 3.71. The Hall–Kier alpha value is -1.92. The van der Waals surface area contributed by atoms with Gasteiger partial charge in [-0.2, -0.15) is 0 Å². The summed E-state index contributed by atoms with van der Waals surface area (Å²) in [6.45, 7) is 8.40. The van der Waals surface area contributed by atoms with Gasteiger partial charge in [0.2, 0.25) is 11.8 Å². The van der Waals surface area contributed by atoms with E-state index in [4.69, 9.17) is 0 Å². The molecule has 2 fully saturated rings. The second kappa shape index (κ2) is 8.64. The predicted molar refractivity (Wildman–Crippen MR) is 103 cm³/mol. The van der Waals surface area contributed by atoms with E-state index >= 15 is 0 Å². The summed E-state index contributed by atoms with van der Waals surface area (Å²) in [6, 6.07) is 6.29. The van der Waals surface area contributed by atoms with Gasteiger partial charge in [0.15, 0.2) is 0 Å². The Kier molecular flexibility index (Phi) is 6.27. The van der Waals surface area contributed by atoms with Crippen LogP contribution in [-0.2, 0) is 9.59 Å². The van der Waals surface area contributed by atoms with Crippen molar-refractivity contribution < 1.29 is 9.59 Å². The van der Waals surface area contributed by atoms with Crippen LogP contribution in [0.4, 0.5) is 5.69 Å². The van der Waals surface area contributed by atoms with Crippen molar-refractivity contribution in [2.75, 3.05) is 44.6 Å². The molecule has 2 aliphatic rings. The van der Waals surface area contributed by atoms with E-state index in [2.05, 4.69) is 15.5 Å². The molecule has 2 saturated heterocycles. The normalized spacial score (nSPS) is 21.0. The first-order valence-electron chi connectivity index (χ1n) is 9.62. The maximum atomic E-state index is 12.4. The first-order chi connectivity index (χ1) is 12.5. The zero-order valence-electron chi connectivity index (χ0n) is 15.9. The van der Waals surface area contributed by atoms with Gasteiger partial charge in [-0.05, 0) is 50.4 Å². The van der Waals surface area contributed by atoms with Crippen molar-refractivity contribution >= 4 is 17.5 Å². The standard InChI is InChI=1S/C20H30N4O2/c1-15-5-3-7-18(16(15)2)22-19(25)14-23-9-11-24(12-10-23)20(26)13-17-6-4-8-21-17/h3,5,7,17,21H,4,6,8-14H2,1-2H3,(H,22,25). The lowest BCUT2D eigenvalue weighted by atomic mass is 10.1. The van der Waals surface area contributed by atoms with E-state index in [0.717, 1.165) is 37.3 Å². The number of rotatable bonds is 5. The zero-order chi connectivity index (χ0) is 18.5. The van der Waals surface area contributed by atoms with Crippen LogP contribution in [0.3, 0.4) is 0 Å². The van der Waals surface area contributed by atoms with Gasteiger partial charge in [0.25, 0.3) is 0 Å². The molecule has 1 atom stereocenters. The molecular weight excluding hydrogens is 328 g/mol. The lowest BCUT2D eigenvalue weighted by molar-refractivity contribution is -0.133. The summed E-state index contributed by atoms with van der Waals surface area (Å²) in [6.07, 6.45) is 2.87. The fourth-order valence-corrected chi connectivity index (χ4v) is 3.71. The van der Waals surface area contributed by atoms with Gasteiger partial charge in [0.05, 0.1) is 6.54 Å². The van der Waals surface area contributed by atoms with E-state index in [0.29, 0.717) is 32.1 Å². The summed E-state index contributed by atoms with van der Waals surface area (Å²) in [5.41, 5.74) is 3.16. The second-order valence-corrected chi connectivity index (χ2v) is 7.45. The summed E-state index contributed by atoms with van der Waals surface area (Å²) in [5.74, 6) is 0.248. The number of anilines is 1. The highest BCUT2D eigenvalue weighted by molar-refractivity contribution is 5.93. The van der Waals surface area contributed by atoms with Gasteiger partial charge in [0.1, 0.15) is 0 Å². The van der Waals surface area contributed by atoms with E-state index in [1.165, 1.54) is 12.0 Å². The van der Waals surface area contributed by atoms with Crippen molar-refractivity contribution in [2.24, 2.45) is 0 Å². The molecule has 0 aromatic heterocycles. The molecule has 6 nitrogen and oxygen atoms in total. The molecular formula is C20H30N4O2. The van der Waals surface area contributed by atoms with Crippen LogP contribution in [0.15, 0.2) is 18.2 Å². The molecule has 0 saturated carbocycles. The Labute approximate surface area is 155 Å². The Morgan fingerprint density at radius 2 is 1.96 bits per heavy atom. The molecule has 3 rings (SSSR count). The second-order valence-electron chi connectivity index (χ2n) is 7.45. The predicted octanol–water partition coefficient (Wildman–Crippen LogP) is 1.53. The molecule has 0 bridgehead atoms. The lowest BCUT2D eigenvalue weighted by Gasteiger charge is -2.34. The maximum Gasteiger partial charge on any atom is 0.238 e. The van der Waals surface area contributed by atoms with Gasteiger partial charge in [-0.1, -0.05) is 12.1 Å². The van der Waals surface area contributed by atoms with Crippen molar-refractivity contribution in [1.29, 1.82) is 0 Å². The minimum atomic E-state index is 0.00799. The van der Waals surface area contributed by atoms with E-state index < -0.39 is 0 Å². The number of nitrogens with zero attached hydrogens (tertiary/aromatic N) is 2. The smallest absolute Gasteiger partial charge is 0.238 e. The molecule has 0 aliphatic carbocycles. The third kappa shape index (κ3) is 4.83. The number of nitrogens with one attached hydrogen (secondary N) is 2. The van der Waals surface area contributed by atoms with Gasteiger partial charge < -0.3 is 15.5 Å².